The van der Waals surface area contributed by atoms with Crippen molar-refractivity contribution in [3.63, 3.8) is 0 Å². The molecule has 4 nitrogen and oxygen atoms in total. The van der Waals surface area contributed by atoms with Crippen molar-refractivity contribution in [2.75, 3.05) is 13.2 Å². The first kappa shape index (κ1) is 14.3. The summed E-state index contributed by atoms with van der Waals surface area (Å²) in [6.45, 7) is 5.52. The van der Waals surface area contributed by atoms with E-state index in [1.165, 1.54) is 25.7 Å². The third-order valence-electron chi connectivity index (χ3n) is 4.04. The van der Waals surface area contributed by atoms with Gasteiger partial charge in [-0.05, 0) is 44.6 Å². The maximum absolute atomic E-state index is 5.89. The molecule has 0 amide bonds. The lowest BCUT2D eigenvalue weighted by atomic mass is 9.80. The molecule has 1 heterocycles. The van der Waals surface area contributed by atoms with E-state index in [1.54, 1.807) is 0 Å². The number of nitrogens with zero attached hydrogens (tertiary/aromatic N) is 2. The van der Waals surface area contributed by atoms with Crippen LogP contribution in [0.15, 0.2) is 6.07 Å². The summed E-state index contributed by atoms with van der Waals surface area (Å²) < 4.78 is 5.89. The lowest BCUT2D eigenvalue weighted by Gasteiger charge is -2.30. The van der Waals surface area contributed by atoms with Gasteiger partial charge in [0.2, 0.25) is 5.88 Å². The van der Waals surface area contributed by atoms with Crippen LogP contribution in [0.1, 0.15) is 44.1 Å². The molecule has 0 aromatic carbocycles. The molecule has 19 heavy (non-hydrogen) atoms. The molecule has 0 bridgehead atoms. The summed E-state index contributed by atoms with van der Waals surface area (Å²) in [4.78, 5) is 8.72. The first-order valence-electron chi connectivity index (χ1n) is 7.40. The molecule has 1 aromatic rings. The maximum Gasteiger partial charge on any atom is 0.216 e. The largest absolute Gasteiger partial charge is 0.477 e. The first-order valence-corrected chi connectivity index (χ1v) is 7.40. The highest BCUT2D eigenvalue weighted by molar-refractivity contribution is 5.16. The highest BCUT2D eigenvalue weighted by Gasteiger charge is 2.24. The van der Waals surface area contributed by atoms with Gasteiger partial charge in [0.05, 0.1) is 6.61 Å². The van der Waals surface area contributed by atoms with Crippen molar-refractivity contribution in [3.8, 4) is 5.88 Å². The van der Waals surface area contributed by atoms with E-state index in [0.29, 0.717) is 17.7 Å². The van der Waals surface area contributed by atoms with Gasteiger partial charge in [0.25, 0.3) is 0 Å². The molecule has 1 saturated carbocycles. The second-order valence-corrected chi connectivity index (χ2v) is 5.45. The number of aryl methyl sites for hydroxylation is 2. The minimum atomic E-state index is 0.582. The fraction of sp³-hybridized carbons (Fsp3) is 0.733. The van der Waals surface area contributed by atoms with Gasteiger partial charge in [0.15, 0.2) is 0 Å². The molecule has 0 aliphatic heterocycles. The molecule has 0 spiro atoms. The van der Waals surface area contributed by atoms with Crippen LogP contribution in [0.5, 0.6) is 5.88 Å². The number of hydrogen-bond donors (Lipinski definition) is 1. The fourth-order valence-electron chi connectivity index (χ4n) is 2.86. The topological polar surface area (TPSA) is 61.0 Å². The number of hydrogen-bond acceptors (Lipinski definition) is 4. The Morgan fingerprint density at radius 1 is 1.26 bits per heavy atom. The smallest absolute Gasteiger partial charge is 0.216 e. The van der Waals surface area contributed by atoms with Crippen LogP contribution in [0.2, 0.25) is 0 Å². The van der Waals surface area contributed by atoms with Gasteiger partial charge in [0.1, 0.15) is 5.82 Å². The van der Waals surface area contributed by atoms with Gasteiger partial charge in [-0.1, -0.05) is 19.8 Å². The minimum absolute atomic E-state index is 0.582. The Morgan fingerprint density at radius 3 is 2.68 bits per heavy atom. The average molecular weight is 263 g/mol. The van der Waals surface area contributed by atoms with Gasteiger partial charge >= 0.3 is 0 Å². The normalized spacial score (nSPS) is 23.3. The van der Waals surface area contributed by atoms with Gasteiger partial charge in [-0.15, -0.1) is 0 Å². The Labute approximate surface area is 115 Å². The van der Waals surface area contributed by atoms with Crippen molar-refractivity contribution >= 4 is 0 Å². The Kier molecular flexibility index (Phi) is 5.14. The van der Waals surface area contributed by atoms with E-state index in [0.717, 1.165) is 31.1 Å². The summed E-state index contributed by atoms with van der Waals surface area (Å²) >= 11 is 0. The number of ether oxygens (including phenoxy) is 1. The Hall–Kier alpha value is -1.16. The van der Waals surface area contributed by atoms with E-state index in [-0.39, 0.29) is 0 Å². The predicted molar refractivity (Wildman–Crippen MR) is 76.1 cm³/mol. The summed E-state index contributed by atoms with van der Waals surface area (Å²) in [6, 6.07) is 1.95. The Balaban J connectivity index is 1.95. The maximum atomic E-state index is 5.89. The third kappa shape index (κ3) is 3.90. The molecule has 4 heteroatoms. The SMILES string of the molecule is CCc1cc(OCC2CCCCC2CN)nc(C)n1. The van der Waals surface area contributed by atoms with Crippen molar-refractivity contribution in [1.29, 1.82) is 0 Å². The van der Waals surface area contributed by atoms with Crippen molar-refractivity contribution < 1.29 is 4.74 Å². The molecule has 1 fully saturated rings. The first-order chi connectivity index (χ1) is 9.22. The Bertz CT molecular complexity index is 408. The van der Waals surface area contributed by atoms with Crippen molar-refractivity contribution in [2.45, 2.75) is 46.0 Å². The molecule has 2 N–H and O–H groups in total. The predicted octanol–water partition coefficient (Wildman–Crippen LogP) is 2.49. The van der Waals surface area contributed by atoms with Crippen LogP contribution in [0.3, 0.4) is 0 Å². The number of aromatic nitrogens is 2. The van der Waals surface area contributed by atoms with Crippen LogP contribution in [-0.2, 0) is 6.42 Å². The minimum Gasteiger partial charge on any atom is -0.477 e. The summed E-state index contributed by atoms with van der Waals surface area (Å²) in [6.07, 6.45) is 5.99. The quantitative estimate of drug-likeness (QED) is 0.886. The zero-order valence-corrected chi connectivity index (χ0v) is 12.1. The summed E-state index contributed by atoms with van der Waals surface area (Å²) in [5.74, 6) is 2.69. The Morgan fingerprint density at radius 2 is 2.00 bits per heavy atom. The monoisotopic (exact) mass is 263 g/mol. The molecule has 2 unspecified atom stereocenters. The van der Waals surface area contributed by atoms with E-state index < -0.39 is 0 Å². The molecule has 2 rings (SSSR count). The molecule has 0 saturated heterocycles. The molecule has 1 aromatic heterocycles. The number of nitrogens with two attached hydrogens (primary N) is 1. The van der Waals surface area contributed by atoms with E-state index in [9.17, 15) is 0 Å². The van der Waals surface area contributed by atoms with E-state index in [2.05, 4.69) is 16.9 Å². The van der Waals surface area contributed by atoms with Gasteiger partial charge < -0.3 is 10.5 Å². The number of rotatable bonds is 5. The van der Waals surface area contributed by atoms with Crippen LogP contribution in [0.4, 0.5) is 0 Å². The highest BCUT2D eigenvalue weighted by atomic mass is 16.5. The van der Waals surface area contributed by atoms with Crippen molar-refractivity contribution in [3.05, 3.63) is 17.6 Å². The van der Waals surface area contributed by atoms with Crippen molar-refractivity contribution in [2.24, 2.45) is 17.6 Å². The van der Waals surface area contributed by atoms with Gasteiger partial charge in [-0.25, -0.2) is 4.98 Å². The zero-order valence-electron chi connectivity index (χ0n) is 12.1. The molecular formula is C15H25N3O. The van der Waals surface area contributed by atoms with E-state index >= 15 is 0 Å². The third-order valence-corrected chi connectivity index (χ3v) is 4.04. The second-order valence-electron chi connectivity index (χ2n) is 5.45. The second kappa shape index (κ2) is 6.85. The standard InChI is InChI=1S/C15H25N3O/c1-3-14-8-15(18-11(2)17-14)19-10-13-7-5-4-6-12(13)9-16/h8,12-13H,3-7,9-10,16H2,1-2H3. The van der Waals surface area contributed by atoms with Crippen LogP contribution in [0, 0.1) is 18.8 Å². The van der Waals surface area contributed by atoms with Gasteiger partial charge in [-0.2, -0.15) is 4.98 Å². The zero-order chi connectivity index (χ0) is 13.7. The lowest BCUT2D eigenvalue weighted by molar-refractivity contribution is 0.149. The summed E-state index contributed by atoms with van der Waals surface area (Å²) in [5, 5.41) is 0. The van der Waals surface area contributed by atoms with Crippen LogP contribution in [-0.4, -0.2) is 23.1 Å². The molecule has 106 valence electrons. The van der Waals surface area contributed by atoms with E-state index in [4.69, 9.17) is 10.5 Å². The molecule has 0 radical (unpaired) electrons. The van der Waals surface area contributed by atoms with Gasteiger partial charge in [0, 0.05) is 11.8 Å². The summed E-state index contributed by atoms with van der Waals surface area (Å²) in [7, 11) is 0. The fourth-order valence-corrected chi connectivity index (χ4v) is 2.86. The molecule has 1 aliphatic carbocycles. The molecule has 2 atom stereocenters. The van der Waals surface area contributed by atoms with Gasteiger partial charge in [-0.3, -0.25) is 0 Å². The lowest BCUT2D eigenvalue weighted by Crippen LogP contribution is -2.30. The van der Waals surface area contributed by atoms with Crippen LogP contribution < -0.4 is 10.5 Å². The average Bonchev–Trinajstić information content (AvgIpc) is 2.44. The van der Waals surface area contributed by atoms with E-state index in [1.807, 2.05) is 13.0 Å². The molecular weight excluding hydrogens is 238 g/mol. The molecule has 1 aliphatic rings. The van der Waals surface area contributed by atoms with Crippen LogP contribution >= 0.6 is 0 Å². The highest BCUT2D eigenvalue weighted by Crippen LogP contribution is 2.29. The summed E-state index contributed by atoms with van der Waals surface area (Å²) in [5.41, 5.74) is 6.89. The van der Waals surface area contributed by atoms with Crippen LogP contribution in [0.25, 0.3) is 0 Å². The van der Waals surface area contributed by atoms with Crippen molar-refractivity contribution in [1.82, 2.24) is 9.97 Å².